The number of amides is 1. The third kappa shape index (κ3) is 5.39. The molecule has 9 nitrogen and oxygen atoms in total. The molecular formula is C35H42N4O5. The fourth-order valence-electron chi connectivity index (χ4n) is 8.02. The van der Waals surface area contributed by atoms with Crippen molar-refractivity contribution in [2.75, 3.05) is 18.6 Å². The van der Waals surface area contributed by atoms with Gasteiger partial charge in [0.15, 0.2) is 5.89 Å². The summed E-state index contributed by atoms with van der Waals surface area (Å²) in [6.45, 7) is 2.63. The molecule has 0 aromatic carbocycles. The van der Waals surface area contributed by atoms with Crippen molar-refractivity contribution in [1.29, 1.82) is 0 Å². The Morgan fingerprint density at radius 3 is 2.32 bits per heavy atom. The van der Waals surface area contributed by atoms with Gasteiger partial charge in [0, 0.05) is 41.2 Å². The highest BCUT2D eigenvalue weighted by molar-refractivity contribution is 5.95. The maximum absolute atomic E-state index is 14.3. The van der Waals surface area contributed by atoms with Gasteiger partial charge in [-0.25, -0.2) is 9.97 Å². The summed E-state index contributed by atoms with van der Waals surface area (Å²) in [5.41, 5.74) is 3.85. The highest BCUT2D eigenvalue weighted by Gasteiger charge is 2.51. The number of carboxylic acids is 1. The highest BCUT2D eigenvalue weighted by atomic mass is 16.5. The predicted octanol–water partition coefficient (Wildman–Crippen LogP) is 6.84. The number of pyridine rings is 2. The van der Waals surface area contributed by atoms with Gasteiger partial charge in [-0.05, 0) is 114 Å². The van der Waals surface area contributed by atoms with E-state index in [1.807, 2.05) is 30.0 Å². The van der Waals surface area contributed by atoms with Crippen molar-refractivity contribution in [3.05, 3.63) is 54.0 Å². The lowest BCUT2D eigenvalue weighted by Crippen LogP contribution is -2.52. The Hall–Kier alpha value is -3.75. The van der Waals surface area contributed by atoms with Gasteiger partial charge < -0.3 is 14.3 Å². The Bertz CT molecular complexity index is 1530. The van der Waals surface area contributed by atoms with Crippen molar-refractivity contribution in [3.8, 4) is 17.0 Å². The van der Waals surface area contributed by atoms with E-state index in [1.54, 1.807) is 19.6 Å². The van der Waals surface area contributed by atoms with Crippen LogP contribution in [0.4, 0.5) is 5.82 Å². The second-order valence-electron chi connectivity index (χ2n) is 13.8. The molecule has 0 spiro atoms. The summed E-state index contributed by atoms with van der Waals surface area (Å²) in [5.74, 6) is 1.43. The summed E-state index contributed by atoms with van der Waals surface area (Å²) < 4.78 is 11.2. The largest absolute Gasteiger partial charge is 0.495 e. The zero-order valence-electron chi connectivity index (χ0n) is 25.8. The number of hydrogen-bond donors (Lipinski definition) is 1. The molecule has 3 aromatic rings. The zero-order chi connectivity index (χ0) is 30.5. The molecule has 44 heavy (non-hydrogen) atoms. The van der Waals surface area contributed by atoms with Gasteiger partial charge in [0.25, 0.3) is 0 Å². The summed E-state index contributed by atoms with van der Waals surface area (Å²) in [5, 5.41) is 9.53. The monoisotopic (exact) mass is 598 g/mol. The van der Waals surface area contributed by atoms with Crippen LogP contribution in [0.5, 0.6) is 5.75 Å². The van der Waals surface area contributed by atoms with Crippen LogP contribution in [-0.2, 0) is 15.0 Å². The van der Waals surface area contributed by atoms with Crippen molar-refractivity contribution >= 4 is 17.7 Å². The number of methoxy groups -OCH3 is 1. The van der Waals surface area contributed by atoms with Crippen molar-refractivity contribution in [2.45, 2.75) is 95.3 Å². The van der Waals surface area contributed by atoms with E-state index in [4.69, 9.17) is 24.1 Å². The van der Waals surface area contributed by atoms with Gasteiger partial charge in [-0.2, -0.15) is 0 Å². The number of fused-ring (bicyclic) bond motifs is 3. The molecule has 1 amide bonds. The number of rotatable bonds is 9. The number of aliphatic carboxylic acids is 1. The molecule has 5 aliphatic carbocycles. The van der Waals surface area contributed by atoms with E-state index >= 15 is 0 Å². The average molecular weight is 599 g/mol. The summed E-state index contributed by atoms with van der Waals surface area (Å²) >= 11 is 0. The Balaban J connectivity index is 1.14. The smallest absolute Gasteiger partial charge is 0.306 e. The number of carbonyl (C=O) groups excluding carboxylic acids is 1. The average Bonchev–Trinajstić information content (AvgIpc) is 3.80. The van der Waals surface area contributed by atoms with Gasteiger partial charge in [-0.3, -0.25) is 19.5 Å². The lowest BCUT2D eigenvalue weighted by molar-refractivity contribution is -0.144. The molecule has 0 aliphatic heterocycles. The second-order valence-corrected chi connectivity index (χ2v) is 13.8. The lowest BCUT2D eigenvalue weighted by atomic mass is 9.52. The first-order valence-electron chi connectivity index (χ1n) is 16.3. The molecule has 5 saturated carbocycles. The molecule has 3 aromatic heterocycles. The molecule has 0 atom stereocenters. The Labute approximate surface area is 258 Å². The van der Waals surface area contributed by atoms with Crippen LogP contribution in [0.1, 0.15) is 100 Å². The van der Waals surface area contributed by atoms with Crippen LogP contribution in [0.2, 0.25) is 0 Å². The van der Waals surface area contributed by atoms with E-state index in [9.17, 15) is 14.7 Å². The number of aromatic nitrogens is 3. The zero-order valence-corrected chi connectivity index (χ0v) is 25.8. The number of aryl methyl sites for hydroxylation is 1. The molecule has 0 saturated heterocycles. The third-order valence-electron chi connectivity index (χ3n) is 11.2. The SMILES string of the molecule is COc1ccc(C23CCC(CN(c4cc(-c5coc(C6CC6)n5)ccn4)C(=O)[C@H]4CC[C@H](C(=O)O)CC4)(CC2)CC3)nc1C. The van der Waals surface area contributed by atoms with Gasteiger partial charge >= 0.3 is 5.97 Å². The molecule has 5 aliphatic rings. The van der Waals surface area contributed by atoms with Crippen LogP contribution in [0.25, 0.3) is 11.3 Å². The number of carbonyl (C=O) groups is 2. The lowest BCUT2D eigenvalue weighted by Gasteiger charge is -2.54. The molecule has 0 radical (unpaired) electrons. The van der Waals surface area contributed by atoms with Gasteiger partial charge in [-0.1, -0.05) is 0 Å². The Morgan fingerprint density at radius 1 is 0.977 bits per heavy atom. The molecule has 3 heterocycles. The number of oxazole rings is 1. The minimum Gasteiger partial charge on any atom is -0.495 e. The first kappa shape index (κ1) is 29.0. The van der Waals surface area contributed by atoms with Crippen LogP contribution >= 0.6 is 0 Å². The summed E-state index contributed by atoms with van der Waals surface area (Å²) in [6.07, 6.45) is 14.2. The standard InChI is InChI=1S/C35H42N4O5/c1-22-28(43-2)9-10-29(37-22)35-15-12-34(13-16-35,14-17-35)21-39(32(40)24-5-7-25(8-6-24)33(41)42)30-19-26(11-18-36-30)27-20-44-31(38-27)23-3-4-23/h9-11,18-20,23-25H,3-8,12-17,21H2,1-2H3,(H,41,42)/t24-,25-,34?,35?. The van der Waals surface area contributed by atoms with Gasteiger partial charge in [0.05, 0.1) is 18.7 Å². The van der Waals surface area contributed by atoms with E-state index in [0.717, 1.165) is 80.0 Å². The number of hydrogen-bond acceptors (Lipinski definition) is 7. The summed E-state index contributed by atoms with van der Waals surface area (Å²) in [7, 11) is 1.68. The highest BCUT2D eigenvalue weighted by Crippen LogP contribution is 2.58. The molecule has 0 unspecified atom stereocenters. The molecule has 9 heteroatoms. The normalized spacial score (nSPS) is 28.0. The minimum absolute atomic E-state index is 0.0158. The number of ether oxygens (including phenoxy) is 1. The topological polar surface area (TPSA) is 119 Å². The fraction of sp³-hybridized carbons (Fsp3) is 0.571. The number of anilines is 1. The van der Waals surface area contributed by atoms with Crippen LogP contribution < -0.4 is 9.64 Å². The van der Waals surface area contributed by atoms with Crippen LogP contribution in [0.3, 0.4) is 0 Å². The first-order valence-corrected chi connectivity index (χ1v) is 16.3. The molecule has 232 valence electrons. The molecule has 8 rings (SSSR count). The van der Waals surface area contributed by atoms with E-state index in [0.29, 0.717) is 44.0 Å². The second kappa shape index (κ2) is 11.3. The third-order valence-corrected chi connectivity index (χ3v) is 11.2. The molecular weight excluding hydrogens is 556 g/mol. The predicted molar refractivity (Wildman–Crippen MR) is 164 cm³/mol. The first-order chi connectivity index (χ1) is 21.3. The van der Waals surface area contributed by atoms with Gasteiger partial charge in [0.2, 0.25) is 5.91 Å². The molecule has 1 N–H and O–H groups in total. The van der Waals surface area contributed by atoms with Crippen molar-refractivity contribution in [1.82, 2.24) is 15.0 Å². The molecule has 2 bridgehead atoms. The maximum Gasteiger partial charge on any atom is 0.306 e. The van der Waals surface area contributed by atoms with E-state index in [1.165, 1.54) is 5.69 Å². The van der Waals surface area contributed by atoms with Gasteiger partial charge in [0.1, 0.15) is 23.5 Å². The molecule has 5 fully saturated rings. The van der Waals surface area contributed by atoms with Crippen LogP contribution in [0.15, 0.2) is 41.1 Å². The maximum atomic E-state index is 14.3. The van der Waals surface area contributed by atoms with Crippen LogP contribution in [-0.4, -0.2) is 45.6 Å². The quantitative estimate of drug-likeness (QED) is 0.284. The van der Waals surface area contributed by atoms with Crippen molar-refractivity contribution < 1.29 is 23.8 Å². The van der Waals surface area contributed by atoms with E-state index < -0.39 is 5.97 Å². The van der Waals surface area contributed by atoms with Gasteiger partial charge in [-0.15, -0.1) is 0 Å². The fourth-order valence-corrected chi connectivity index (χ4v) is 8.02. The van der Waals surface area contributed by atoms with Crippen molar-refractivity contribution in [2.24, 2.45) is 17.3 Å². The summed E-state index contributed by atoms with van der Waals surface area (Å²) in [4.78, 5) is 42.3. The number of carboxylic acid groups (broad SMARTS) is 1. The number of nitrogens with zero attached hydrogens (tertiary/aromatic N) is 4. The summed E-state index contributed by atoms with van der Waals surface area (Å²) in [6, 6.07) is 8.09. The Morgan fingerprint density at radius 2 is 1.68 bits per heavy atom. The van der Waals surface area contributed by atoms with E-state index in [-0.39, 0.29) is 28.6 Å². The van der Waals surface area contributed by atoms with Crippen LogP contribution in [0, 0.1) is 24.2 Å². The van der Waals surface area contributed by atoms with E-state index in [2.05, 4.69) is 6.07 Å². The minimum atomic E-state index is -0.756. The van der Waals surface area contributed by atoms with Crippen molar-refractivity contribution in [3.63, 3.8) is 0 Å². The Kier molecular flexibility index (Phi) is 7.45.